The van der Waals surface area contributed by atoms with Crippen LogP contribution in [0.4, 0.5) is 4.79 Å². The highest BCUT2D eigenvalue weighted by Crippen LogP contribution is 2.24. The lowest BCUT2D eigenvalue weighted by Gasteiger charge is -2.16. The molecule has 0 spiro atoms. The molecule has 3 rings (SSSR count). The summed E-state index contributed by atoms with van der Waals surface area (Å²) in [6, 6.07) is 13.8. The van der Waals surface area contributed by atoms with Gasteiger partial charge in [-0.2, -0.15) is 0 Å². The molecule has 156 valence electrons. The van der Waals surface area contributed by atoms with Crippen molar-refractivity contribution in [3.8, 4) is 5.75 Å². The molecule has 2 aromatic rings. The zero-order valence-electron chi connectivity index (χ0n) is 16.9. The first-order valence-electron chi connectivity index (χ1n) is 9.91. The lowest BCUT2D eigenvalue weighted by Crippen LogP contribution is -2.36. The number of amides is 2. The summed E-state index contributed by atoms with van der Waals surface area (Å²) in [6.45, 7) is 2.26. The Morgan fingerprint density at radius 1 is 1.07 bits per heavy atom. The molecular weight excluding hydrogens is 388 g/mol. The summed E-state index contributed by atoms with van der Waals surface area (Å²) in [5, 5.41) is 5.70. The van der Waals surface area contributed by atoms with E-state index in [9.17, 15) is 13.2 Å². The van der Waals surface area contributed by atoms with E-state index in [2.05, 4.69) is 10.6 Å². The van der Waals surface area contributed by atoms with Gasteiger partial charge in [-0.25, -0.2) is 13.2 Å². The number of carbonyl (C=O) groups is 1. The molecule has 1 atom stereocenters. The monoisotopic (exact) mass is 416 g/mol. The molecule has 0 aliphatic heterocycles. The van der Waals surface area contributed by atoms with Gasteiger partial charge in [-0.3, -0.25) is 0 Å². The average Bonchev–Trinajstić information content (AvgIpc) is 3.20. The molecule has 1 aliphatic rings. The predicted octanol–water partition coefficient (Wildman–Crippen LogP) is 3.97. The second kappa shape index (κ2) is 9.31. The van der Waals surface area contributed by atoms with Crippen molar-refractivity contribution in [2.45, 2.75) is 56.2 Å². The van der Waals surface area contributed by atoms with E-state index < -0.39 is 9.84 Å². The average molecular weight is 417 g/mol. The van der Waals surface area contributed by atoms with Crippen LogP contribution in [0.25, 0.3) is 0 Å². The van der Waals surface area contributed by atoms with Crippen molar-refractivity contribution in [3.05, 3.63) is 59.7 Å². The minimum Gasteiger partial charge on any atom is -0.490 e. The topological polar surface area (TPSA) is 84.5 Å². The maximum Gasteiger partial charge on any atom is 0.315 e. The van der Waals surface area contributed by atoms with Crippen molar-refractivity contribution < 1.29 is 17.9 Å². The van der Waals surface area contributed by atoms with Crippen LogP contribution in [0.2, 0.25) is 0 Å². The molecular formula is C22H28N2O4S. The molecule has 1 unspecified atom stereocenters. The zero-order valence-corrected chi connectivity index (χ0v) is 17.7. The fourth-order valence-electron chi connectivity index (χ4n) is 3.40. The van der Waals surface area contributed by atoms with Crippen LogP contribution in [-0.4, -0.2) is 26.8 Å². The van der Waals surface area contributed by atoms with Gasteiger partial charge in [0.2, 0.25) is 0 Å². The predicted molar refractivity (Wildman–Crippen MR) is 113 cm³/mol. The number of nitrogens with one attached hydrogen (secondary N) is 2. The molecule has 7 heteroatoms. The van der Waals surface area contributed by atoms with E-state index in [4.69, 9.17) is 4.74 Å². The fraction of sp³-hybridized carbons (Fsp3) is 0.409. The highest BCUT2D eigenvalue weighted by Gasteiger charge is 2.16. The van der Waals surface area contributed by atoms with E-state index in [1.807, 2.05) is 31.2 Å². The van der Waals surface area contributed by atoms with Crippen LogP contribution in [0.1, 0.15) is 49.8 Å². The normalized spacial score (nSPS) is 15.7. The van der Waals surface area contributed by atoms with E-state index >= 15 is 0 Å². The van der Waals surface area contributed by atoms with Gasteiger partial charge in [0.15, 0.2) is 9.84 Å². The van der Waals surface area contributed by atoms with Crippen LogP contribution in [0.3, 0.4) is 0 Å². The number of hydrogen-bond donors (Lipinski definition) is 2. The maximum absolute atomic E-state index is 12.2. The number of rotatable bonds is 7. The van der Waals surface area contributed by atoms with Crippen LogP contribution >= 0.6 is 0 Å². The van der Waals surface area contributed by atoms with Gasteiger partial charge in [0, 0.05) is 12.8 Å². The van der Waals surface area contributed by atoms with Crippen LogP contribution in [0, 0.1) is 0 Å². The Labute approximate surface area is 172 Å². The van der Waals surface area contributed by atoms with Gasteiger partial charge in [0.05, 0.1) is 17.0 Å². The highest BCUT2D eigenvalue weighted by atomic mass is 32.2. The van der Waals surface area contributed by atoms with Gasteiger partial charge in [-0.1, -0.05) is 24.3 Å². The first-order valence-corrected chi connectivity index (χ1v) is 11.8. The lowest BCUT2D eigenvalue weighted by molar-refractivity contribution is 0.210. The van der Waals surface area contributed by atoms with Crippen molar-refractivity contribution in [1.82, 2.24) is 10.6 Å². The van der Waals surface area contributed by atoms with Crippen molar-refractivity contribution in [3.63, 3.8) is 0 Å². The molecule has 1 fully saturated rings. The smallest absolute Gasteiger partial charge is 0.315 e. The summed E-state index contributed by atoms with van der Waals surface area (Å²) in [5.41, 5.74) is 1.82. The van der Waals surface area contributed by atoms with E-state index in [0.717, 1.165) is 29.7 Å². The SMILES string of the molecule is CC(NC(=O)NCc1ccc(OC2CCCC2)cc1)c1ccc(S(C)(=O)=O)cc1. The van der Waals surface area contributed by atoms with Crippen LogP contribution in [-0.2, 0) is 16.4 Å². The number of carbonyl (C=O) groups excluding carboxylic acids is 1. The number of sulfone groups is 1. The number of ether oxygens (including phenoxy) is 1. The first-order chi connectivity index (χ1) is 13.8. The Hall–Kier alpha value is -2.54. The zero-order chi connectivity index (χ0) is 20.9. The summed E-state index contributed by atoms with van der Waals surface area (Å²) in [4.78, 5) is 12.4. The van der Waals surface area contributed by atoms with Crippen LogP contribution in [0.5, 0.6) is 5.75 Å². The summed E-state index contributed by atoms with van der Waals surface area (Å²) >= 11 is 0. The van der Waals surface area contributed by atoms with Gasteiger partial charge in [-0.15, -0.1) is 0 Å². The van der Waals surface area contributed by atoms with Gasteiger partial charge >= 0.3 is 6.03 Å². The molecule has 2 N–H and O–H groups in total. The first kappa shape index (κ1) is 21.2. The number of hydrogen-bond acceptors (Lipinski definition) is 4. The molecule has 1 aliphatic carbocycles. The Balaban J connectivity index is 1.46. The van der Waals surface area contributed by atoms with E-state index in [1.165, 1.54) is 19.1 Å². The third kappa shape index (κ3) is 6.22. The fourth-order valence-corrected chi connectivity index (χ4v) is 4.03. The van der Waals surface area contributed by atoms with Gasteiger partial charge in [0.1, 0.15) is 5.75 Å². The largest absolute Gasteiger partial charge is 0.490 e. The van der Waals surface area contributed by atoms with Crippen molar-refractivity contribution in [2.75, 3.05) is 6.26 Å². The second-order valence-corrected chi connectivity index (χ2v) is 9.57. The Kier molecular flexibility index (Phi) is 6.79. The molecule has 29 heavy (non-hydrogen) atoms. The quantitative estimate of drug-likeness (QED) is 0.715. The molecule has 0 radical (unpaired) electrons. The Bertz CT molecular complexity index is 918. The van der Waals surface area contributed by atoms with E-state index in [1.54, 1.807) is 24.3 Å². The van der Waals surface area contributed by atoms with Crippen LogP contribution < -0.4 is 15.4 Å². The van der Waals surface area contributed by atoms with E-state index in [-0.39, 0.29) is 17.0 Å². The molecule has 2 aromatic carbocycles. The maximum atomic E-state index is 12.2. The Morgan fingerprint density at radius 3 is 2.28 bits per heavy atom. The van der Waals surface area contributed by atoms with E-state index in [0.29, 0.717) is 12.6 Å². The molecule has 0 bridgehead atoms. The summed E-state index contributed by atoms with van der Waals surface area (Å²) in [6.07, 6.45) is 6.23. The third-order valence-electron chi connectivity index (χ3n) is 5.14. The summed E-state index contributed by atoms with van der Waals surface area (Å²) < 4.78 is 29.0. The molecule has 6 nitrogen and oxygen atoms in total. The lowest BCUT2D eigenvalue weighted by atomic mass is 10.1. The number of urea groups is 1. The minimum atomic E-state index is -3.23. The van der Waals surface area contributed by atoms with Gasteiger partial charge in [-0.05, 0) is 68.0 Å². The third-order valence-corrected chi connectivity index (χ3v) is 6.27. The molecule has 0 heterocycles. The van der Waals surface area contributed by atoms with Crippen molar-refractivity contribution >= 4 is 15.9 Å². The molecule has 0 saturated heterocycles. The number of benzene rings is 2. The van der Waals surface area contributed by atoms with Crippen molar-refractivity contribution in [1.29, 1.82) is 0 Å². The minimum absolute atomic E-state index is 0.245. The molecule has 1 saturated carbocycles. The molecule has 2 amide bonds. The summed E-state index contributed by atoms with van der Waals surface area (Å²) in [7, 11) is -3.23. The highest BCUT2D eigenvalue weighted by molar-refractivity contribution is 7.90. The van der Waals surface area contributed by atoms with Gasteiger partial charge < -0.3 is 15.4 Å². The van der Waals surface area contributed by atoms with Crippen LogP contribution in [0.15, 0.2) is 53.4 Å². The second-order valence-electron chi connectivity index (χ2n) is 7.56. The molecule has 0 aromatic heterocycles. The standard InChI is InChI=1S/C22H28N2O4S/c1-16(18-9-13-21(14-10-18)29(2,26)27)24-22(25)23-15-17-7-11-20(12-8-17)28-19-5-3-4-6-19/h7-14,16,19H,3-6,15H2,1-2H3,(H2,23,24,25). The Morgan fingerprint density at radius 2 is 1.69 bits per heavy atom. The van der Waals surface area contributed by atoms with Gasteiger partial charge in [0.25, 0.3) is 0 Å². The van der Waals surface area contributed by atoms with Crippen molar-refractivity contribution in [2.24, 2.45) is 0 Å². The summed E-state index contributed by atoms with van der Waals surface area (Å²) in [5.74, 6) is 0.872.